The third-order valence-electron chi connectivity index (χ3n) is 24.6. The zero-order valence-electron chi connectivity index (χ0n) is 68.3. The molecule has 7 heterocycles. The van der Waals surface area contributed by atoms with Crippen molar-refractivity contribution in [1.82, 2.24) is 47.9 Å². The minimum atomic E-state index is -2.38. The number of aromatic hydroxyl groups is 3. The van der Waals surface area contributed by atoms with E-state index in [-0.39, 0.29) is 93.0 Å². The highest BCUT2D eigenvalue weighted by Gasteiger charge is 2.53. The van der Waals surface area contributed by atoms with Gasteiger partial charge in [0.25, 0.3) is 0 Å². The first kappa shape index (κ1) is 90.2. The third-order valence-corrected chi connectivity index (χ3v) is 25.2. The number of aliphatic hydroxyl groups excluding tert-OH is 6. The lowest BCUT2D eigenvalue weighted by Gasteiger charge is -2.54. The Labute approximate surface area is 713 Å². The molecular formula is C86H108Cl2N10O24. The van der Waals surface area contributed by atoms with Crippen LogP contribution in [0.25, 0.3) is 11.1 Å². The van der Waals surface area contributed by atoms with Crippen molar-refractivity contribution in [3.8, 4) is 57.1 Å². The van der Waals surface area contributed by atoms with Gasteiger partial charge in [0.05, 0.1) is 41.3 Å². The first-order chi connectivity index (χ1) is 58.1. The van der Waals surface area contributed by atoms with Gasteiger partial charge in [0.1, 0.15) is 95.5 Å². The van der Waals surface area contributed by atoms with Crippen molar-refractivity contribution in [3.05, 3.63) is 117 Å². The third kappa shape index (κ3) is 20.0. The predicted molar refractivity (Wildman–Crippen MR) is 437 cm³/mol. The topological polar surface area (TPSA) is 525 Å². The Balaban J connectivity index is 1.01. The number of nitrogens with one attached hydrogen (secondary N) is 9. The summed E-state index contributed by atoms with van der Waals surface area (Å²) < 4.78 is 39.1. The van der Waals surface area contributed by atoms with E-state index in [1.54, 1.807) is 0 Å². The van der Waals surface area contributed by atoms with Gasteiger partial charge in [0.2, 0.25) is 65.2 Å². The maximum absolute atomic E-state index is 16.6. The first-order valence-corrected chi connectivity index (χ1v) is 42.4. The molecular weight excluding hydrogens is 1630 g/mol. The molecule has 5 aromatic carbocycles. The number of phenols is 3. The van der Waals surface area contributed by atoms with Gasteiger partial charge in [-0.1, -0.05) is 101 Å². The number of imide groups is 1. The van der Waals surface area contributed by atoms with Crippen LogP contribution in [0.4, 0.5) is 0 Å². The van der Waals surface area contributed by atoms with E-state index >= 15 is 28.8 Å². The van der Waals surface area contributed by atoms with Crippen LogP contribution in [0, 0.1) is 29.6 Å². The van der Waals surface area contributed by atoms with Gasteiger partial charge in [0, 0.05) is 41.6 Å². The van der Waals surface area contributed by atoms with Gasteiger partial charge in [-0.2, -0.15) is 0 Å². The second-order valence-corrected chi connectivity index (χ2v) is 35.0. The molecule has 4 aliphatic carbocycles. The summed E-state index contributed by atoms with van der Waals surface area (Å²) in [6.45, 7) is 7.80. The highest BCUT2D eigenvalue weighted by Crippen LogP contribution is 2.55. The van der Waals surface area contributed by atoms with E-state index in [4.69, 9.17) is 57.4 Å². The molecule has 0 aromatic heterocycles. The van der Waals surface area contributed by atoms with Crippen molar-refractivity contribution in [1.29, 1.82) is 0 Å². The smallest absolute Gasteiger partial charge is 0.248 e. The Kier molecular flexibility index (Phi) is 28.3. The van der Waals surface area contributed by atoms with Crippen molar-refractivity contribution < 1.29 is 118 Å². The summed E-state index contributed by atoms with van der Waals surface area (Å²) >= 11 is 14.5. The average molecular weight is 1740 g/mol. The number of hydrogen-bond donors (Lipinski definition) is 19. The van der Waals surface area contributed by atoms with Crippen LogP contribution in [0.3, 0.4) is 0 Å². The number of nitrogens with two attached hydrogens (primary N) is 1. The Morgan fingerprint density at radius 1 is 0.648 bits per heavy atom. The number of carbonyl (C=O) groups is 9. The minimum absolute atomic E-state index is 0.0630. The molecule has 6 fully saturated rings. The second kappa shape index (κ2) is 38.3. The van der Waals surface area contributed by atoms with E-state index in [9.17, 15) is 60.3 Å². The average Bonchev–Trinajstić information content (AvgIpc) is 0.761. The molecule has 0 radical (unpaired) electrons. The van der Waals surface area contributed by atoms with Crippen LogP contribution in [0.2, 0.25) is 10.0 Å². The number of hydrogen-bond acceptors (Lipinski definition) is 26. The molecule has 660 valence electrons. The van der Waals surface area contributed by atoms with E-state index < -0.39 is 221 Å². The van der Waals surface area contributed by atoms with E-state index in [2.05, 4.69) is 54.8 Å². The number of amides is 9. The number of phenolic OH excluding ortho intramolecular Hbond substituents is 3. The van der Waals surface area contributed by atoms with Gasteiger partial charge >= 0.3 is 0 Å². The summed E-state index contributed by atoms with van der Waals surface area (Å²) in [7, 11) is 1.49. The lowest BCUT2D eigenvalue weighted by molar-refractivity contribution is -0.333. The zero-order chi connectivity index (χ0) is 87.6. The number of halogens is 2. The summed E-state index contributed by atoms with van der Waals surface area (Å²) in [5, 5.41) is 130. The predicted octanol–water partition coefficient (Wildman–Crippen LogP) is 5.26. The number of unbranched alkanes of at least 4 members (excludes halogenated alkanes) is 6. The first-order valence-electron chi connectivity index (χ1n) is 41.7. The number of carbonyl (C=O) groups excluding carboxylic acids is 9. The highest BCUT2D eigenvalue weighted by molar-refractivity contribution is 6.32. The molecule has 36 heteroatoms. The van der Waals surface area contributed by atoms with Gasteiger partial charge in [-0.25, -0.2) is 0 Å². The molecule has 122 heavy (non-hydrogen) atoms. The lowest BCUT2D eigenvalue weighted by atomic mass is 9.54. The Bertz CT molecular complexity index is 4740. The Morgan fingerprint density at radius 2 is 1.25 bits per heavy atom. The second-order valence-electron chi connectivity index (χ2n) is 34.2. The van der Waals surface area contributed by atoms with E-state index in [1.165, 1.54) is 45.2 Å². The quantitative estimate of drug-likeness (QED) is 0.0393. The minimum Gasteiger partial charge on any atom is -0.508 e. The normalized spacial score (nSPS) is 30.9. The molecule has 15 bridgehead atoms. The van der Waals surface area contributed by atoms with Crippen LogP contribution in [0.15, 0.2) is 78.9 Å². The van der Waals surface area contributed by atoms with Crippen LogP contribution < -0.4 is 67.8 Å². The fraction of sp³-hybridized carbons (Fsp3) is 0.547. The molecule has 16 rings (SSSR count). The molecule has 0 spiro atoms. The van der Waals surface area contributed by atoms with Crippen LogP contribution in [0.1, 0.15) is 196 Å². The number of likely N-dealkylation sites (N-methyl/N-ethyl adjacent to an activating group) is 1. The van der Waals surface area contributed by atoms with Gasteiger partial charge in [-0.3, -0.25) is 48.5 Å². The monoisotopic (exact) mass is 1730 g/mol. The number of rotatable bonds is 22. The highest BCUT2D eigenvalue weighted by atomic mass is 35.5. The molecule has 20 N–H and O–H groups in total. The van der Waals surface area contributed by atoms with E-state index in [0.29, 0.717) is 24.7 Å². The Morgan fingerprint density at radius 3 is 1.87 bits per heavy atom. The standard InChI is InChI=1S/C86H108Cl2N10O24/c1-7-8-9-10-11-12-13-14-61(103)92-62(104)34-53-79(111)94-67-46-30-58(118-56-19-16-42(28-50(56)87)71(105)69(83(115)91-53)97-78(110)52(90-6)21-37(2)3)75(122-85-76(74(108)73(107)60(36-99)120-85)121-63-35-86(5,89)77(109)38(4)117-63)59(31-46)119-57-20-17-43(29-51(57)88)72(106)70-84(116)96-68(82(114)93-65-44-23-39-22-40(25-44)26-45(65)24-39)49-32-47(100)33-55(102)64(49)48-27-41(15-18-54(48)101)66(80(112)98-70)95-81(67)113/h15-20,27-33,37-40,44-45,52-53,60,63,65-74,76-77,85,90,99-102,105-109H,7-14,21-26,34-36,89H2,1-6H3,(H,91,115)(H,93,114)(H,94,111)(H,95,113)(H,96,116)(H,97,110)(H,98,112)(H,92,103,104). The van der Waals surface area contributed by atoms with Gasteiger partial charge in [0.15, 0.2) is 23.9 Å². The molecule has 18 atom stereocenters. The van der Waals surface area contributed by atoms with Crippen LogP contribution >= 0.6 is 23.2 Å². The van der Waals surface area contributed by atoms with Crippen molar-refractivity contribution in [2.75, 3.05) is 13.7 Å². The molecule has 7 aliphatic heterocycles. The van der Waals surface area contributed by atoms with Gasteiger partial charge < -0.3 is 123 Å². The summed E-state index contributed by atoms with van der Waals surface area (Å²) in [6.07, 6.45) is -8.68. The molecule has 2 saturated heterocycles. The van der Waals surface area contributed by atoms with Crippen LogP contribution in [-0.2, 0) is 57.4 Å². The number of aliphatic hydroxyl groups is 6. The van der Waals surface area contributed by atoms with Gasteiger partial charge in [-0.05, 0) is 178 Å². The van der Waals surface area contributed by atoms with Crippen LogP contribution in [-0.4, -0.2) is 198 Å². The summed E-state index contributed by atoms with van der Waals surface area (Å²) in [5.74, 6) is -14.0. The Hall–Kier alpha value is -9.53. The van der Waals surface area contributed by atoms with Crippen molar-refractivity contribution >= 4 is 76.4 Å². The van der Waals surface area contributed by atoms with Crippen molar-refractivity contribution in [2.45, 2.75) is 253 Å². The fourth-order valence-electron chi connectivity index (χ4n) is 18.4. The van der Waals surface area contributed by atoms with Crippen LogP contribution in [0.5, 0.6) is 46.0 Å². The fourth-order valence-corrected chi connectivity index (χ4v) is 18.9. The molecule has 9 amide bonds. The lowest BCUT2D eigenvalue weighted by Crippen LogP contribution is -2.64. The number of fused-ring (bicyclic) bond motifs is 15. The zero-order valence-corrected chi connectivity index (χ0v) is 69.8. The number of ether oxygens (including phenoxy) is 6. The summed E-state index contributed by atoms with van der Waals surface area (Å²) in [6, 6.07) is 0.250. The SMILES string of the molecule is CCCCCCCCCC(=O)NC(=O)CC1NC(=O)C(NC(=O)C(CC(C)C)NC)C(O)c2ccc(c(Cl)c2)Oc2cc3cc(c2OC2OC(CO)C(O)C(O)C2OC2CC(C)(N)C(O)C(C)O2)Oc2ccc(cc2Cl)C(O)C2NC(=O)C(NC(=O)C3NC1=O)c1ccc(O)c(c1)-c1c(O)cc(O)cc1C(C(=O)NC1C3CC4CC(C3)CC1C4)NC2=O. The molecule has 5 aromatic rings. The maximum Gasteiger partial charge on any atom is 0.248 e. The maximum atomic E-state index is 16.6. The number of benzene rings is 5. The van der Waals surface area contributed by atoms with Crippen molar-refractivity contribution in [3.63, 3.8) is 0 Å². The largest absolute Gasteiger partial charge is 0.508 e. The molecule has 4 saturated carbocycles. The van der Waals surface area contributed by atoms with E-state index in [0.717, 1.165) is 119 Å². The molecule has 18 unspecified atom stereocenters. The molecule has 34 nitrogen and oxygen atoms in total. The molecule has 11 aliphatic rings. The summed E-state index contributed by atoms with van der Waals surface area (Å²) in [5.41, 5.74) is 3.04. The van der Waals surface area contributed by atoms with Gasteiger partial charge in [-0.15, -0.1) is 0 Å². The summed E-state index contributed by atoms with van der Waals surface area (Å²) in [4.78, 5) is 138. The van der Waals surface area contributed by atoms with Crippen molar-refractivity contribution in [2.24, 2.45) is 35.3 Å². The van der Waals surface area contributed by atoms with E-state index in [1.807, 2.05) is 13.8 Å².